The molecule has 5 nitrogen and oxygen atoms in total. The molecule has 0 unspecified atom stereocenters. The van der Waals surface area contributed by atoms with Crippen molar-refractivity contribution in [2.45, 2.75) is 0 Å². The molecule has 21 heavy (non-hydrogen) atoms. The second kappa shape index (κ2) is 6.43. The van der Waals surface area contributed by atoms with Crippen LogP contribution in [0.3, 0.4) is 0 Å². The number of carboxylic acids is 1. The van der Waals surface area contributed by atoms with Crippen molar-refractivity contribution < 1.29 is 14.7 Å². The van der Waals surface area contributed by atoms with Gasteiger partial charge in [-0.3, -0.25) is 4.79 Å². The number of benzene rings is 1. The SMILES string of the molecule is O=C(O)c1ccc(Br)cc1C(=O)Nc1ccc(Cl)c(Cl)n1. The lowest BCUT2D eigenvalue weighted by atomic mass is 10.1. The third-order valence-electron chi connectivity index (χ3n) is 2.50. The van der Waals surface area contributed by atoms with Gasteiger partial charge in [-0.15, -0.1) is 0 Å². The van der Waals surface area contributed by atoms with Gasteiger partial charge in [0.2, 0.25) is 0 Å². The van der Waals surface area contributed by atoms with Crippen molar-refractivity contribution in [1.82, 2.24) is 4.98 Å². The van der Waals surface area contributed by atoms with Crippen molar-refractivity contribution in [2.75, 3.05) is 5.32 Å². The summed E-state index contributed by atoms with van der Waals surface area (Å²) in [5.41, 5.74) is -0.111. The van der Waals surface area contributed by atoms with Crippen LogP contribution in [0.2, 0.25) is 10.2 Å². The number of amides is 1. The zero-order chi connectivity index (χ0) is 15.6. The summed E-state index contributed by atoms with van der Waals surface area (Å²) in [6.45, 7) is 0. The quantitative estimate of drug-likeness (QED) is 0.774. The maximum atomic E-state index is 12.2. The lowest BCUT2D eigenvalue weighted by Gasteiger charge is -2.08. The molecule has 0 saturated carbocycles. The minimum Gasteiger partial charge on any atom is -0.478 e. The standard InChI is InChI=1S/C13H7BrCl2N2O3/c14-6-1-2-7(13(20)21)8(5-6)12(19)18-10-4-3-9(15)11(16)17-10/h1-5H,(H,20,21)(H,17,18,19). The van der Waals surface area contributed by atoms with Gasteiger partial charge in [0.1, 0.15) is 11.0 Å². The number of rotatable bonds is 3. The number of hydrogen-bond donors (Lipinski definition) is 2. The lowest BCUT2D eigenvalue weighted by molar-refractivity contribution is 0.0692. The molecule has 2 rings (SSSR count). The molecule has 0 fully saturated rings. The number of pyridine rings is 1. The van der Waals surface area contributed by atoms with Gasteiger partial charge >= 0.3 is 5.97 Å². The number of carboxylic acid groups (broad SMARTS) is 1. The first-order chi connectivity index (χ1) is 9.88. The van der Waals surface area contributed by atoms with E-state index in [4.69, 9.17) is 28.3 Å². The molecule has 0 spiro atoms. The number of carbonyl (C=O) groups excluding carboxylic acids is 1. The van der Waals surface area contributed by atoms with Crippen LogP contribution in [0.5, 0.6) is 0 Å². The fourth-order valence-corrected chi connectivity index (χ4v) is 2.18. The first kappa shape index (κ1) is 15.8. The Morgan fingerprint density at radius 3 is 2.48 bits per heavy atom. The molecule has 0 aliphatic heterocycles. The van der Waals surface area contributed by atoms with Gasteiger partial charge in [-0.1, -0.05) is 39.1 Å². The molecule has 0 aliphatic carbocycles. The number of anilines is 1. The molecule has 0 aliphatic rings. The normalized spacial score (nSPS) is 10.2. The van der Waals surface area contributed by atoms with Crippen molar-refractivity contribution in [3.8, 4) is 0 Å². The largest absolute Gasteiger partial charge is 0.478 e. The van der Waals surface area contributed by atoms with Crippen LogP contribution in [-0.4, -0.2) is 22.0 Å². The predicted molar refractivity (Wildman–Crippen MR) is 83.3 cm³/mol. The summed E-state index contributed by atoms with van der Waals surface area (Å²) in [7, 11) is 0. The van der Waals surface area contributed by atoms with E-state index >= 15 is 0 Å². The smallest absolute Gasteiger partial charge is 0.336 e. The highest BCUT2D eigenvalue weighted by molar-refractivity contribution is 9.10. The summed E-state index contributed by atoms with van der Waals surface area (Å²) < 4.78 is 0.583. The van der Waals surface area contributed by atoms with E-state index in [1.807, 2.05) is 0 Å². The molecule has 108 valence electrons. The number of halogens is 3. The highest BCUT2D eigenvalue weighted by atomic mass is 79.9. The van der Waals surface area contributed by atoms with Gasteiger partial charge in [-0.25, -0.2) is 9.78 Å². The van der Waals surface area contributed by atoms with Crippen LogP contribution >= 0.6 is 39.1 Å². The minimum atomic E-state index is -1.20. The van der Waals surface area contributed by atoms with Crippen LogP contribution in [0.25, 0.3) is 0 Å². The van der Waals surface area contributed by atoms with E-state index in [0.29, 0.717) is 4.47 Å². The third-order valence-corrected chi connectivity index (χ3v) is 3.68. The molecule has 1 aromatic heterocycles. The maximum Gasteiger partial charge on any atom is 0.336 e. The van der Waals surface area contributed by atoms with Crippen LogP contribution < -0.4 is 5.32 Å². The van der Waals surface area contributed by atoms with Crippen LogP contribution in [0.4, 0.5) is 5.82 Å². The summed E-state index contributed by atoms with van der Waals surface area (Å²) in [6, 6.07) is 7.23. The van der Waals surface area contributed by atoms with Crippen LogP contribution in [-0.2, 0) is 0 Å². The molecule has 8 heteroatoms. The molecular weight excluding hydrogens is 383 g/mol. The van der Waals surface area contributed by atoms with Crippen molar-refractivity contribution >= 4 is 56.8 Å². The number of aromatic carboxylic acids is 1. The van der Waals surface area contributed by atoms with Crippen molar-refractivity contribution in [2.24, 2.45) is 0 Å². The maximum absolute atomic E-state index is 12.2. The number of carbonyl (C=O) groups is 2. The third kappa shape index (κ3) is 3.72. The lowest BCUT2D eigenvalue weighted by Crippen LogP contribution is -2.17. The molecule has 0 atom stereocenters. The molecule has 0 bridgehead atoms. The zero-order valence-corrected chi connectivity index (χ0v) is 13.3. The average molecular weight is 390 g/mol. The fourth-order valence-electron chi connectivity index (χ4n) is 1.56. The minimum absolute atomic E-state index is 0.00440. The van der Waals surface area contributed by atoms with Crippen LogP contribution in [0, 0.1) is 0 Å². The second-order valence-electron chi connectivity index (χ2n) is 3.92. The Kier molecular flexibility index (Phi) is 4.82. The van der Waals surface area contributed by atoms with Gasteiger partial charge < -0.3 is 10.4 Å². The first-order valence-corrected chi connectivity index (χ1v) is 7.09. The Balaban J connectivity index is 2.34. The van der Waals surface area contributed by atoms with Crippen LogP contribution in [0.15, 0.2) is 34.8 Å². The Hall–Kier alpha value is -1.63. The zero-order valence-electron chi connectivity index (χ0n) is 10.2. The van der Waals surface area contributed by atoms with E-state index in [0.717, 1.165) is 0 Å². The topological polar surface area (TPSA) is 79.3 Å². The Morgan fingerprint density at radius 2 is 1.86 bits per heavy atom. The highest BCUT2D eigenvalue weighted by Crippen LogP contribution is 2.22. The summed E-state index contributed by atoms with van der Waals surface area (Å²) in [6.07, 6.45) is 0. The molecule has 1 amide bonds. The number of aromatic nitrogens is 1. The summed E-state index contributed by atoms with van der Waals surface area (Å²) in [4.78, 5) is 27.2. The van der Waals surface area contributed by atoms with Gasteiger partial charge in [-0.05, 0) is 30.3 Å². The van der Waals surface area contributed by atoms with Gasteiger partial charge in [0.25, 0.3) is 5.91 Å². The van der Waals surface area contributed by atoms with E-state index in [1.165, 1.54) is 30.3 Å². The van der Waals surface area contributed by atoms with E-state index in [9.17, 15) is 9.59 Å². The van der Waals surface area contributed by atoms with Gasteiger partial charge in [-0.2, -0.15) is 0 Å². The Bertz CT molecular complexity index is 737. The molecule has 1 aromatic carbocycles. The molecule has 2 aromatic rings. The summed E-state index contributed by atoms with van der Waals surface area (Å²) in [5, 5.41) is 11.9. The second-order valence-corrected chi connectivity index (χ2v) is 5.60. The van der Waals surface area contributed by atoms with Gasteiger partial charge in [0.05, 0.1) is 16.1 Å². The number of hydrogen-bond acceptors (Lipinski definition) is 3. The first-order valence-electron chi connectivity index (χ1n) is 5.54. The van der Waals surface area contributed by atoms with Gasteiger partial charge in [0, 0.05) is 4.47 Å². The van der Waals surface area contributed by atoms with E-state index in [-0.39, 0.29) is 27.1 Å². The van der Waals surface area contributed by atoms with Crippen molar-refractivity contribution in [1.29, 1.82) is 0 Å². The van der Waals surface area contributed by atoms with E-state index in [2.05, 4.69) is 26.2 Å². The molecule has 0 radical (unpaired) electrons. The van der Waals surface area contributed by atoms with Crippen LogP contribution in [0.1, 0.15) is 20.7 Å². The van der Waals surface area contributed by atoms with Crippen molar-refractivity contribution in [3.63, 3.8) is 0 Å². The summed E-state index contributed by atoms with van der Waals surface area (Å²) in [5.74, 6) is -1.64. The Morgan fingerprint density at radius 1 is 1.14 bits per heavy atom. The van der Waals surface area contributed by atoms with Gasteiger partial charge in [0.15, 0.2) is 0 Å². The number of nitrogens with one attached hydrogen (secondary N) is 1. The molecule has 2 N–H and O–H groups in total. The van der Waals surface area contributed by atoms with Crippen molar-refractivity contribution in [3.05, 3.63) is 56.1 Å². The molecule has 0 saturated heterocycles. The molecule has 1 heterocycles. The van der Waals surface area contributed by atoms with E-state index < -0.39 is 11.9 Å². The number of nitrogens with zero attached hydrogens (tertiary/aromatic N) is 1. The fraction of sp³-hybridized carbons (Fsp3) is 0. The van der Waals surface area contributed by atoms with E-state index in [1.54, 1.807) is 0 Å². The highest BCUT2D eigenvalue weighted by Gasteiger charge is 2.17. The average Bonchev–Trinajstić information content (AvgIpc) is 2.42. The monoisotopic (exact) mass is 388 g/mol. The predicted octanol–water partition coefficient (Wildman–Crippen LogP) is 4.10. The summed E-state index contributed by atoms with van der Waals surface area (Å²) >= 11 is 14.7. The molecular formula is C13H7BrCl2N2O3. The Labute approximate surface area is 138 Å².